The number of amides is 2. The number of aromatic amines is 1. The van der Waals surface area contributed by atoms with Crippen molar-refractivity contribution in [2.24, 2.45) is 0 Å². The van der Waals surface area contributed by atoms with Gasteiger partial charge in [-0.25, -0.2) is 4.98 Å². The number of carbonyl (C=O) groups is 2. The Balaban J connectivity index is 2.05. The normalized spacial score (nSPS) is 18.5. The second kappa shape index (κ2) is 6.07. The van der Waals surface area contributed by atoms with Crippen molar-refractivity contribution in [3.8, 4) is 0 Å². The van der Waals surface area contributed by atoms with Crippen LogP contribution in [-0.4, -0.2) is 45.8 Å². The van der Waals surface area contributed by atoms with E-state index in [1.54, 1.807) is 25.7 Å². The number of hydrogen-bond acceptors (Lipinski definition) is 4. The minimum absolute atomic E-state index is 0.114. The summed E-state index contributed by atoms with van der Waals surface area (Å²) in [7, 11) is 0. The molecule has 2 amide bonds. The number of rotatable bonds is 3. The molecule has 1 aliphatic heterocycles. The monoisotopic (exact) mass is 292 g/mol. The van der Waals surface area contributed by atoms with Crippen LogP contribution >= 0.6 is 0 Å². The van der Waals surface area contributed by atoms with Gasteiger partial charge in [-0.3, -0.25) is 14.4 Å². The largest absolute Gasteiger partial charge is 0.353 e. The number of aryl methyl sites for hydroxylation is 2. The lowest BCUT2D eigenvalue weighted by atomic mass is 10.1. The van der Waals surface area contributed by atoms with Gasteiger partial charge in [0.05, 0.1) is 0 Å². The lowest BCUT2D eigenvalue weighted by Gasteiger charge is -2.32. The number of H-pyrrole nitrogens is 1. The Labute approximate surface area is 122 Å². The highest BCUT2D eigenvalue weighted by atomic mass is 16.2. The van der Waals surface area contributed by atoms with Crippen molar-refractivity contribution < 1.29 is 9.59 Å². The van der Waals surface area contributed by atoms with Gasteiger partial charge in [0.1, 0.15) is 11.9 Å². The fraction of sp³-hybridized carbons (Fsp3) is 0.571. The van der Waals surface area contributed by atoms with Gasteiger partial charge in [0.15, 0.2) is 0 Å². The average Bonchev–Trinajstić information content (AvgIpc) is 2.40. The van der Waals surface area contributed by atoms with Crippen LogP contribution in [0, 0.1) is 13.8 Å². The molecule has 1 aromatic rings. The first-order valence-corrected chi connectivity index (χ1v) is 7.03. The summed E-state index contributed by atoms with van der Waals surface area (Å²) >= 11 is 0. The van der Waals surface area contributed by atoms with Gasteiger partial charge >= 0.3 is 0 Å². The summed E-state index contributed by atoms with van der Waals surface area (Å²) in [5.74, 6) is 0.311. The molecular weight excluding hydrogens is 272 g/mol. The molecule has 1 aliphatic rings. The molecule has 2 rings (SSSR count). The first-order chi connectivity index (χ1) is 9.90. The smallest absolute Gasteiger partial charge is 0.254 e. The van der Waals surface area contributed by atoms with Crippen molar-refractivity contribution in [2.75, 3.05) is 13.1 Å². The van der Waals surface area contributed by atoms with Crippen molar-refractivity contribution in [3.05, 3.63) is 27.4 Å². The van der Waals surface area contributed by atoms with E-state index in [0.29, 0.717) is 36.6 Å². The Hall–Kier alpha value is -2.18. The highest BCUT2D eigenvalue weighted by Crippen LogP contribution is 2.09. The lowest BCUT2D eigenvalue weighted by Crippen LogP contribution is -2.55. The molecule has 1 fully saturated rings. The van der Waals surface area contributed by atoms with Crippen LogP contribution in [0.3, 0.4) is 0 Å². The van der Waals surface area contributed by atoms with E-state index in [1.807, 2.05) is 0 Å². The van der Waals surface area contributed by atoms with Gasteiger partial charge < -0.3 is 15.2 Å². The molecule has 1 unspecified atom stereocenters. The van der Waals surface area contributed by atoms with Crippen molar-refractivity contribution in [1.29, 1.82) is 0 Å². The molecule has 1 atom stereocenters. The molecule has 2 N–H and O–H groups in total. The second-order valence-corrected chi connectivity index (χ2v) is 5.27. The zero-order valence-corrected chi connectivity index (χ0v) is 12.5. The molecule has 7 heteroatoms. The maximum atomic E-state index is 12.2. The molecule has 0 aliphatic carbocycles. The van der Waals surface area contributed by atoms with Crippen LogP contribution in [0.4, 0.5) is 0 Å². The van der Waals surface area contributed by atoms with Crippen LogP contribution in [0.15, 0.2) is 4.79 Å². The predicted molar refractivity (Wildman–Crippen MR) is 76.8 cm³/mol. The third-order valence-electron chi connectivity index (χ3n) is 3.75. The fourth-order valence-corrected chi connectivity index (χ4v) is 2.54. The van der Waals surface area contributed by atoms with Crippen molar-refractivity contribution in [1.82, 2.24) is 20.2 Å². The van der Waals surface area contributed by atoms with E-state index in [-0.39, 0.29) is 23.8 Å². The number of piperazine rings is 1. The van der Waals surface area contributed by atoms with Gasteiger partial charge in [-0.05, 0) is 27.2 Å². The number of carbonyl (C=O) groups excluding carboxylic acids is 2. The minimum atomic E-state index is -0.457. The molecule has 1 aromatic heterocycles. The average molecular weight is 292 g/mol. The van der Waals surface area contributed by atoms with Crippen LogP contribution < -0.4 is 10.9 Å². The summed E-state index contributed by atoms with van der Waals surface area (Å²) in [5.41, 5.74) is 0.980. The van der Waals surface area contributed by atoms with Gasteiger partial charge in [0, 0.05) is 30.8 Å². The van der Waals surface area contributed by atoms with Gasteiger partial charge in [-0.2, -0.15) is 0 Å². The van der Waals surface area contributed by atoms with E-state index in [2.05, 4.69) is 15.3 Å². The third kappa shape index (κ3) is 3.29. The van der Waals surface area contributed by atoms with Crippen LogP contribution in [0.1, 0.15) is 30.4 Å². The Morgan fingerprint density at radius 2 is 2.10 bits per heavy atom. The summed E-state index contributed by atoms with van der Waals surface area (Å²) in [6.45, 7) is 6.17. The SMILES string of the molecule is Cc1nc(C)c(CCC(=O)N2CCNC(=O)C2C)c(=O)[nH]1. The number of nitrogens with one attached hydrogen (secondary N) is 2. The molecule has 0 radical (unpaired) electrons. The lowest BCUT2D eigenvalue weighted by molar-refractivity contribution is -0.142. The van der Waals surface area contributed by atoms with Gasteiger partial charge in [0.2, 0.25) is 11.8 Å². The minimum Gasteiger partial charge on any atom is -0.353 e. The zero-order valence-electron chi connectivity index (χ0n) is 12.5. The second-order valence-electron chi connectivity index (χ2n) is 5.27. The van der Waals surface area contributed by atoms with Crippen molar-refractivity contribution >= 4 is 11.8 Å². The van der Waals surface area contributed by atoms with E-state index in [0.717, 1.165) is 0 Å². The summed E-state index contributed by atoms with van der Waals surface area (Å²) in [5, 5.41) is 2.72. The fourth-order valence-electron chi connectivity index (χ4n) is 2.54. The van der Waals surface area contributed by atoms with Crippen molar-refractivity contribution in [3.63, 3.8) is 0 Å². The molecule has 1 saturated heterocycles. The van der Waals surface area contributed by atoms with E-state index in [1.165, 1.54) is 0 Å². The summed E-state index contributed by atoms with van der Waals surface area (Å²) in [6.07, 6.45) is 0.532. The van der Waals surface area contributed by atoms with Crippen molar-refractivity contribution in [2.45, 2.75) is 39.7 Å². The summed E-state index contributed by atoms with van der Waals surface area (Å²) < 4.78 is 0. The van der Waals surface area contributed by atoms with Gasteiger partial charge in [-0.15, -0.1) is 0 Å². The molecule has 114 valence electrons. The summed E-state index contributed by atoms with van der Waals surface area (Å²) in [6, 6.07) is -0.457. The predicted octanol–water partition coefficient (Wildman–Crippen LogP) is -0.334. The van der Waals surface area contributed by atoms with Gasteiger partial charge in [-0.1, -0.05) is 0 Å². The van der Waals surface area contributed by atoms with Crippen LogP contribution in [0.2, 0.25) is 0 Å². The molecular formula is C14H20N4O3. The first kappa shape index (κ1) is 15.2. The maximum absolute atomic E-state index is 12.2. The van der Waals surface area contributed by atoms with Gasteiger partial charge in [0.25, 0.3) is 5.56 Å². The number of nitrogens with zero attached hydrogens (tertiary/aromatic N) is 2. The summed E-state index contributed by atoms with van der Waals surface area (Å²) in [4.78, 5) is 44.1. The van der Waals surface area contributed by atoms with E-state index in [9.17, 15) is 14.4 Å². The molecule has 0 bridgehead atoms. The quantitative estimate of drug-likeness (QED) is 0.797. The maximum Gasteiger partial charge on any atom is 0.254 e. The number of hydrogen-bond donors (Lipinski definition) is 2. The number of aromatic nitrogens is 2. The third-order valence-corrected chi connectivity index (χ3v) is 3.75. The topological polar surface area (TPSA) is 95.2 Å². The standard InChI is InChI=1S/C14H20N4O3/c1-8-11(14(21)17-10(3)16-8)4-5-12(19)18-7-6-15-13(20)9(18)2/h9H,4-7H2,1-3H3,(H,15,20)(H,16,17,21). The van der Waals surface area contributed by atoms with Crippen LogP contribution in [-0.2, 0) is 16.0 Å². The molecule has 0 saturated carbocycles. The van der Waals surface area contributed by atoms with E-state index >= 15 is 0 Å². The molecule has 7 nitrogen and oxygen atoms in total. The highest BCUT2D eigenvalue weighted by molar-refractivity contribution is 5.88. The zero-order chi connectivity index (χ0) is 15.6. The highest BCUT2D eigenvalue weighted by Gasteiger charge is 2.28. The molecule has 2 heterocycles. The van der Waals surface area contributed by atoms with E-state index < -0.39 is 6.04 Å². The Morgan fingerprint density at radius 1 is 1.38 bits per heavy atom. The van der Waals surface area contributed by atoms with Crippen LogP contribution in [0.25, 0.3) is 0 Å². The van der Waals surface area contributed by atoms with Crippen LogP contribution in [0.5, 0.6) is 0 Å². The van der Waals surface area contributed by atoms with E-state index in [4.69, 9.17) is 0 Å². The molecule has 0 aromatic carbocycles. The Kier molecular flexibility index (Phi) is 4.40. The first-order valence-electron chi connectivity index (χ1n) is 7.03. The molecule has 0 spiro atoms. The Bertz CT molecular complexity index is 623. The Morgan fingerprint density at radius 3 is 2.76 bits per heavy atom. The molecule has 21 heavy (non-hydrogen) atoms.